The highest BCUT2D eigenvalue weighted by atomic mass is 32.1. The third-order valence-corrected chi connectivity index (χ3v) is 7.02. The Kier molecular flexibility index (Phi) is 7.01. The smallest absolute Gasteiger partial charge is 0.410 e. The molecule has 0 N–H and O–H groups in total. The second kappa shape index (κ2) is 9.84. The Labute approximate surface area is 209 Å². The van der Waals surface area contributed by atoms with Gasteiger partial charge in [0, 0.05) is 13.7 Å². The highest BCUT2D eigenvalue weighted by Crippen LogP contribution is 2.40. The van der Waals surface area contributed by atoms with E-state index in [1.165, 1.54) is 11.3 Å². The fourth-order valence-electron chi connectivity index (χ4n) is 4.50. The molecule has 10 heteroatoms. The number of hydrogen-bond acceptors (Lipinski definition) is 8. The predicted octanol–water partition coefficient (Wildman–Crippen LogP) is 4.06. The van der Waals surface area contributed by atoms with Gasteiger partial charge in [-0.1, -0.05) is 6.07 Å². The minimum atomic E-state index is -0.607. The molecule has 1 saturated heterocycles. The molecule has 1 aromatic carbocycles. The zero-order valence-electron chi connectivity index (χ0n) is 20.7. The molecule has 35 heavy (non-hydrogen) atoms. The molecule has 0 bridgehead atoms. The van der Waals surface area contributed by atoms with E-state index in [9.17, 15) is 14.9 Å². The number of benzene rings is 1. The molecular formula is C25H30N4O5S. The molecule has 2 amide bonds. The van der Waals surface area contributed by atoms with E-state index in [4.69, 9.17) is 14.2 Å². The average molecular weight is 499 g/mol. The molecule has 0 radical (unpaired) electrons. The van der Waals surface area contributed by atoms with Crippen molar-refractivity contribution in [1.82, 2.24) is 14.8 Å². The van der Waals surface area contributed by atoms with Gasteiger partial charge in [0.15, 0.2) is 0 Å². The molecular weight excluding hydrogens is 468 g/mol. The molecule has 4 rings (SSSR count). The maximum absolute atomic E-state index is 13.4. The van der Waals surface area contributed by atoms with Crippen molar-refractivity contribution in [3.05, 3.63) is 34.3 Å². The van der Waals surface area contributed by atoms with Crippen LogP contribution in [-0.2, 0) is 16.0 Å². The van der Waals surface area contributed by atoms with Crippen molar-refractivity contribution in [1.29, 1.82) is 5.26 Å². The summed E-state index contributed by atoms with van der Waals surface area (Å²) in [5, 5.41) is 10.1. The molecule has 186 valence electrons. The number of methoxy groups -OCH3 is 1. The molecule has 0 unspecified atom stereocenters. The van der Waals surface area contributed by atoms with E-state index in [1.54, 1.807) is 29.0 Å². The Morgan fingerprint density at radius 1 is 1.34 bits per heavy atom. The molecule has 2 aromatic rings. The lowest BCUT2D eigenvalue weighted by atomic mass is 10.1. The number of amides is 2. The molecule has 1 fully saturated rings. The maximum Gasteiger partial charge on any atom is 0.410 e. The lowest BCUT2D eigenvalue weighted by molar-refractivity contribution is 0.0140. The van der Waals surface area contributed by atoms with Crippen LogP contribution in [0.3, 0.4) is 0 Å². The maximum atomic E-state index is 13.4. The number of carbonyl (C=O) groups excluding carboxylic acids is 2. The van der Waals surface area contributed by atoms with Gasteiger partial charge in [0.05, 0.1) is 47.8 Å². The van der Waals surface area contributed by atoms with E-state index in [2.05, 4.69) is 11.1 Å². The Balaban J connectivity index is 1.54. The summed E-state index contributed by atoms with van der Waals surface area (Å²) in [4.78, 5) is 35.1. The molecule has 0 aliphatic carbocycles. The minimum absolute atomic E-state index is 0.149. The number of nitrogens with zero attached hydrogens (tertiary/aromatic N) is 4. The molecule has 1 aromatic heterocycles. The van der Waals surface area contributed by atoms with Crippen molar-refractivity contribution in [3.8, 4) is 22.4 Å². The third-order valence-electron chi connectivity index (χ3n) is 5.95. The van der Waals surface area contributed by atoms with Gasteiger partial charge < -0.3 is 24.0 Å². The summed E-state index contributed by atoms with van der Waals surface area (Å²) in [5.74, 6) is 0.338. The van der Waals surface area contributed by atoms with E-state index >= 15 is 0 Å². The van der Waals surface area contributed by atoms with Crippen LogP contribution in [0.4, 0.5) is 4.79 Å². The molecule has 0 spiro atoms. The number of thiazole rings is 1. The van der Waals surface area contributed by atoms with Crippen LogP contribution in [-0.4, -0.2) is 71.3 Å². The van der Waals surface area contributed by atoms with Gasteiger partial charge >= 0.3 is 6.09 Å². The van der Waals surface area contributed by atoms with Crippen molar-refractivity contribution in [3.63, 3.8) is 0 Å². The van der Waals surface area contributed by atoms with Crippen molar-refractivity contribution < 1.29 is 23.8 Å². The fraction of sp³-hybridized carbons (Fsp3) is 0.520. The highest BCUT2D eigenvalue weighted by molar-refractivity contribution is 7.15. The Bertz CT molecular complexity index is 1170. The first kappa shape index (κ1) is 24.9. The van der Waals surface area contributed by atoms with E-state index in [-0.39, 0.29) is 18.0 Å². The zero-order chi connectivity index (χ0) is 25.3. The summed E-state index contributed by atoms with van der Waals surface area (Å²) in [6.45, 7) is 8.96. The SMILES string of the molecule is CCOc1c(C#N)cccc1-c1nc2c(s1)CN([C@@H]1C[C@@H](COC)N(C(=O)OC(C)(C)C)C1)C2=O. The number of para-hydroxylation sites is 1. The van der Waals surface area contributed by atoms with Crippen LogP contribution in [0.15, 0.2) is 18.2 Å². The lowest BCUT2D eigenvalue weighted by Gasteiger charge is -2.28. The monoisotopic (exact) mass is 498 g/mol. The number of rotatable bonds is 6. The van der Waals surface area contributed by atoms with Crippen molar-refractivity contribution in [2.75, 3.05) is 26.9 Å². The summed E-state index contributed by atoms with van der Waals surface area (Å²) < 4.78 is 16.7. The van der Waals surface area contributed by atoms with Gasteiger partial charge in [-0.3, -0.25) is 4.79 Å². The quantitative estimate of drug-likeness (QED) is 0.591. The largest absolute Gasteiger partial charge is 0.492 e. The number of hydrogen-bond donors (Lipinski definition) is 0. The van der Waals surface area contributed by atoms with Crippen LogP contribution in [0, 0.1) is 11.3 Å². The van der Waals surface area contributed by atoms with Gasteiger partial charge in [0.25, 0.3) is 5.91 Å². The van der Waals surface area contributed by atoms with Gasteiger partial charge in [-0.15, -0.1) is 11.3 Å². The first-order valence-corrected chi connectivity index (χ1v) is 12.4. The number of aromatic nitrogens is 1. The highest BCUT2D eigenvalue weighted by Gasteiger charge is 2.44. The van der Waals surface area contributed by atoms with E-state index in [0.717, 1.165) is 4.88 Å². The van der Waals surface area contributed by atoms with Gasteiger partial charge in [-0.2, -0.15) is 5.26 Å². The standard InChI is InChI=1S/C25H30N4O5S/c1-6-33-21-15(11-26)8-7-9-18(21)22-27-20-19(35-22)13-28(23(20)30)16-10-17(14-32-5)29(12-16)24(31)34-25(2,3)4/h7-9,16-17H,6,10,12-14H2,1-5H3/t16-,17+/m1/s1. The van der Waals surface area contributed by atoms with Crippen LogP contribution in [0.25, 0.3) is 10.6 Å². The molecule has 2 aliphatic heterocycles. The fourth-order valence-corrected chi connectivity index (χ4v) is 5.58. The molecule has 0 saturated carbocycles. The number of nitriles is 1. The number of likely N-dealkylation sites (tertiary alicyclic amines) is 1. The van der Waals surface area contributed by atoms with Gasteiger partial charge in [-0.05, 0) is 46.2 Å². The lowest BCUT2D eigenvalue weighted by Crippen LogP contribution is -2.43. The minimum Gasteiger partial charge on any atom is -0.492 e. The van der Waals surface area contributed by atoms with E-state index in [0.29, 0.717) is 60.3 Å². The first-order chi connectivity index (χ1) is 16.7. The Hall–Kier alpha value is -3.16. The predicted molar refractivity (Wildman–Crippen MR) is 130 cm³/mol. The topological polar surface area (TPSA) is 105 Å². The summed E-state index contributed by atoms with van der Waals surface area (Å²) in [6.07, 6.45) is 0.212. The molecule has 2 aliphatic rings. The van der Waals surface area contributed by atoms with Crippen molar-refractivity contribution in [2.24, 2.45) is 0 Å². The molecule has 3 heterocycles. The second-order valence-corrected chi connectivity index (χ2v) is 10.7. The first-order valence-electron chi connectivity index (χ1n) is 11.6. The summed E-state index contributed by atoms with van der Waals surface area (Å²) in [5.41, 5.74) is 0.963. The van der Waals surface area contributed by atoms with Gasteiger partial charge in [0.1, 0.15) is 28.1 Å². The zero-order valence-corrected chi connectivity index (χ0v) is 21.5. The molecule has 9 nitrogen and oxygen atoms in total. The summed E-state index contributed by atoms with van der Waals surface area (Å²) in [7, 11) is 1.60. The average Bonchev–Trinajstić information content (AvgIpc) is 3.48. The van der Waals surface area contributed by atoms with Crippen LogP contribution < -0.4 is 4.74 Å². The van der Waals surface area contributed by atoms with Gasteiger partial charge in [0.2, 0.25) is 0 Å². The van der Waals surface area contributed by atoms with Crippen LogP contribution >= 0.6 is 11.3 Å². The Morgan fingerprint density at radius 2 is 2.11 bits per heavy atom. The summed E-state index contributed by atoms with van der Waals surface area (Å²) in [6, 6.07) is 7.18. The van der Waals surface area contributed by atoms with Crippen LogP contribution in [0.5, 0.6) is 5.75 Å². The van der Waals surface area contributed by atoms with Crippen molar-refractivity contribution >= 4 is 23.3 Å². The summed E-state index contributed by atoms with van der Waals surface area (Å²) >= 11 is 1.43. The molecule has 2 atom stereocenters. The number of ether oxygens (including phenoxy) is 3. The normalized spacial score (nSPS) is 19.6. The van der Waals surface area contributed by atoms with Gasteiger partial charge in [-0.25, -0.2) is 9.78 Å². The second-order valence-electron chi connectivity index (χ2n) is 9.58. The van der Waals surface area contributed by atoms with Crippen LogP contribution in [0.2, 0.25) is 0 Å². The van der Waals surface area contributed by atoms with E-state index in [1.807, 2.05) is 33.8 Å². The third kappa shape index (κ3) is 4.97. The van der Waals surface area contributed by atoms with Crippen LogP contribution in [0.1, 0.15) is 55.0 Å². The number of fused-ring (bicyclic) bond motifs is 1. The van der Waals surface area contributed by atoms with E-state index < -0.39 is 11.7 Å². The Morgan fingerprint density at radius 3 is 2.74 bits per heavy atom. The van der Waals surface area contributed by atoms with Crippen molar-refractivity contribution in [2.45, 2.75) is 58.3 Å². The number of carbonyl (C=O) groups is 2.